The summed E-state index contributed by atoms with van der Waals surface area (Å²) in [6.07, 6.45) is 0.966. The van der Waals surface area contributed by atoms with E-state index in [1.54, 1.807) is 0 Å². The van der Waals surface area contributed by atoms with E-state index in [0.29, 0.717) is 24.4 Å². The highest BCUT2D eigenvalue weighted by molar-refractivity contribution is 5.66. The Bertz CT molecular complexity index is 155. The molecule has 0 saturated carbocycles. The number of carboxylic acids is 1. The normalized spacial score (nSPS) is 13.7. The first kappa shape index (κ1) is 12.4. The summed E-state index contributed by atoms with van der Waals surface area (Å²) in [4.78, 5) is 10.4. The molecule has 0 rings (SSSR count). The second-order valence-electron chi connectivity index (χ2n) is 4.10. The highest BCUT2D eigenvalue weighted by atomic mass is 16.4. The Balaban J connectivity index is 3.87. The van der Waals surface area contributed by atoms with Gasteiger partial charge in [0.2, 0.25) is 0 Å². The maximum Gasteiger partial charge on any atom is 0.303 e. The Labute approximate surface area is 80.5 Å². The predicted octanol–water partition coefficient (Wildman–Crippen LogP) is 1.87. The fourth-order valence-corrected chi connectivity index (χ4v) is 1.32. The number of hydrogen-bond donors (Lipinski definition) is 2. The molecule has 0 unspecified atom stereocenters. The number of hydrogen-bond acceptors (Lipinski definition) is 2. The maximum absolute atomic E-state index is 10.4. The largest absolute Gasteiger partial charge is 0.481 e. The average molecular weight is 187 g/mol. The van der Waals surface area contributed by atoms with Gasteiger partial charge in [-0.15, -0.1) is 0 Å². The van der Waals surface area contributed by atoms with Crippen molar-refractivity contribution < 1.29 is 9.90 Å². The lowest BCUT2D eigenvalue weighted by atomic mass is 9.98. The molecule has 13 heavy (non-hydrogen) atoms. The summed E-state index contributed by atoms with van der Waals surface area (Å²) < 4.78 is 0. The van der Waals surface area contributed by atoms with Crippen LogP contribution in [0.5, 0.6) is 0 Å². The van der Waals surface area contributed by atoms with Crippen LogP contribution < -0.4 is 5.32 Å². The highest BCUT2D eigenvalue weighted by Gasteiger charge is 2.14. The van der Waals surface area contributed by atoms with Gasteiger partial charge in [0.1, 0.15) is 0 Å². The van der Waals surface area contributed by atoms with E-state index in [0.717, 1.165) is 0 Å². The van der Waals surface area contributed by atoms with E-state index < -0.39 is 5.97 Å². The van der Waals surface area contributed by atoms with Crippen LogP contribution in [0.2, 0.25) is 0 Å². The lowest BCUT2D eigenvalue weighted by molar-refractivity contribution is -0.137. The van der Waals surface area contributed by atoms with Crippen LogP contribution in [-0.4, -0.2) is 23.2 Å². The van der Waals surface area contributed by atoms with Crippen LogP contribution in [-0.2, 0) is 4.79 Å². The third-order valence-electron chi connectivity index (χ3n) is 2.02. The number of rotatable bonds is 6. The first-order valence-corrected chi connectivity index (χ1v) is 4.91. The molecule has 0 fully saturated rings. The first-order valence-electron chi connectivity index (χ1n) is 4.91. The average Bonchev–Trinajstić information content (AvgIpc) is 1.96. The lowest BCUT2D eigenvalue weighted by Gasteiger charge is -2.24. The molecule has 0 aliphatic heterocycles. The fourth-order valence-electron chi connectivity index (χ4n) is 1.32. The van der Waals surface area contributed by atoms with E-state index in [9.17, 15) is 4.79 Å². The number of nitrogens with one attached hydrogen (secondary N) is 1. The van der Waals surface area contributed by atoms with Crippen LogP contribution >= 0.6 is 0 Å². The summed E-state index contributed by atoms with van der Waals surface area (Å²) in [5.74, 6) is -0.224. The highest BCUT2D eigenvalue weighted by Crippen LogP contribution is 2.09. The standard InChI is InChI=1S/C10H21NO2/c1-7(2)9(11-8(3)4)5-6-10(12)13/h7-9,11H,5-6H2,1-4H3,(H,12,13)/t9-/m0/s1. The van der Waals surface area contributed by atoms with Gasteiger partial charge in [-0.05, 0) is 12.3 Å². The summed E-state index contributed by atoms with van der Waals surface area (Å²) in [6, 6.07) is 0.734. The van der Waals surface area contributed by atoms with Crippen molar-refractivity contribution in [1.29, 1.82) is 0 Å². The second kappa shape index (κ2) is 5.97. The molecule has 0 spiro atoms. The SMILES string of the molecule is CC(C)N[C@@H](CCC(=O)O)C(C)C. The smallest absolute Gasteiger partial charge is 0.303 e. The van der Waals surface area contributed by atoms with Crippen LogP contribution in [0.25, 0.3) is 0 Å². The van der Waals surface area contributed by atoms with Crippen molar-refractivity contribution >= 4 is 5.97 Å². The molecule has 0 heterocycles. The summed E-state index contributed by atoms with van der Waals surface area (Å²) >= 11 is 0. The van der Waals surface area contributed by atoms with Crippen molar-refractivity contribution in [2.45, 2.75) is 52.6 Å². The molecule has 3 nitrogen and oxygen atoms in total. The third kappa shape index (κ3) is 6.58. The Hall–Kier alpha value is -0.570. The van der Waals surface area contributed by atoms with Gasteiger partial charge in [0.05, 0.1) is 0 Å². The molecule has 0 aromatic carbocycles. The quantitative estimate of drug-likeness (QED) is 0.667. The lowest BCUT2D eigenvalue weighted by Crippen LogP contribution is -2.38. The second-order valence-corrected chi connectivity index (χ2v) is 4.10. The number of carbonyl (C=O) groups is 1. The zero-order valence-corrected chi connectivity index (χ0v) is 9.00. The summed E-state index contributed by atoms with van der Waals surface area (Å²) in [7, 11) is 0. The van der Waals surface area contributed by atoms with Crippen molar-refractivity contribution in [3.63, 3.8) is 0 Å². The molecule has 78 valence electrons. The zero-order valence-electron chi connectivity index (χ0n) is 9.00. The molecule has 0 aromatic rings. The Morgan fingerprint density at radius 2 is 1.85 bits per heavy atom. The minimum atomic E-state index is -0.712. The molecular weight excluding hydrogens is 166 g/mol. The van der Waals surface area contributed by atoms with Gasteiger partial charge in [0.25, 0.3) is 0 Å². The molecular formula is C10H21NO2. The molecule has 0 saturated heterocycles. The molecule has 0 bridgehead atoms. The van der Waals surface area contributed by atoms with Gasteiger partial charge in [0, 0.05) is 18.5 Å². The fraction of sp³-hybridized carbons (Fsp3) is 0.900. The molecule has 2 N–H and O–H groups in total. The van der Waals surface area contributed by atoms with Gasteiger partial charge in [-0.25, -0.2) is 0 Å². The van der Waals surface area contributed by atoms with Gasteiger partial charge in [-0.3, -0.25) is 4.79 Å². The molecule has 1 atom stereocenters. The summed E-state index contributed by atoms with van der Waals surface area (Å²) in [5.41, 5.74) is 0. The monoisotopic (exact) mass is 187 g/mol. The number of carboxylic acid groups (broad SMARTS) is 1. The maximum atomic E-state index is 10.4. The van der Waals surface area contributed by atoms with Crippen LogP contribution in [0.4, 0.5) is 0 Å². The first-order chi connectivity index (χ1) is 5.93. The summed E-state index contributed by atoms with van der Waals surface area (Å²) in [5, 5.41) is 11.9. The van der Waals surface area contributed by atoms with E-state index in [2.05, 4.69) is 33.0 Å². The van der Waals surface area contributed by atoms with E-state index in [1.165, 1.54) is 0 Å². The predicted molar refractivity (Wildman–Crippen MR) is 53.8 cm³/mol. The zero-order chi connectivity index (χ0) is 10.4. The van der Waals surface area contributed by atoms with Crippen molar-refractivity contribution in [3.8, 4) is 0 Å². The van der Waals surface area contributed by atoms with Crippen LogP contribution in [0.15, 0.2) is 0 Å². The topological polar surface area (TPSA) is 49.3 Å². The Kier molecular flexibility index (Phi) is 5.71. The molecule has 3 heteroatoms. The minimum Gasteiger partial charge on any atom is -0.481 e. The van der Waals surface area contributed by atoms with Crippen LogP contribution in [0.1, 0.15) is 40.5 Å². The van der Waals surface area contributed by atoms with Gasteiger partial charge in [0.15, 0.2) is 0 Å². The third-order valence-corrected chi connectivity index (χ3v) is 2.02. The Morgan fingerprint density at radius 1 is 1.31 bits per heavy atom. The van der Waals surface area contributed by atoms with Gasteiger partial charge >= 0.3 is 5.97 Å². The van der Waals surface area contributed by atoms with Crippen molar-refractivity contribution in [2.24, 2.45) is 5.92 Å². The van der Waals surface area contributed by atoms with Gasteiger partial charge in [-0.2, -0.15) is 0 Å². The molecule has 0 amide bonds. The summed E-state index contributed by atoms with van der Waals surface area (Å²) in [6.45, 7) is 8.39. The van der Waals surface area contributed by atoms with Crippen LogP contribution in [0, 0.1) is 5.92 Å². The molecule has 0 aliphatic rings. The van der Waals surface area contributed by atoms with Crippen molar-refractivity contribution in [3.05, 3.63) is 0 Å². The van der Waals surface area contributed by atoms with E-state index in [4.69, 9.17) is 5.11 Å². The van der Waals surface area contributed by atoms with Crippen LogP contribution in [0.3, 0.4) is 0 Å². The van der Waals surface area contributed by atoms with Gasteiger partial charge in [-0.1, -0.05) is 27.7 Å². The van der Waals surface area contributed by atoms with Crippen molar-refractivity contribution in [1.82, 2.24) is 5.32 Å². The van der Waals surface area contributed by atoms with E-state index in [-0.39, 0.29) is 6.42 Å². The molecule has 0 radical (unpaired) electrons. The number of aliphatic carboxylic acids is 1. The molecule has 0 aliphatic carbocycles. The van der Waals surface area contributed by atoms with Gasteiger partial charge < -0.3 is 10.4 Å². The van der Waals surface area contributed by atoms with E-state index >= 15 is 0 Å². The van der Waals surface area contributed by atoms with E-state index in [1.807, 2.05) is 0 Å². The van der Waals surface area contributed by atoms with Crippen molar-refractivity contribution in [2.75, 3.05) is 0 Å². The molecule has 0 aromatic heterocycles. The Morgan fingerprint density at radius 3 is 2.15 bits per heavy atom. The minimum absolute atomic E-state index is 0.253.